The van der Waals surface area contributed by atoms with Crippen LogP contribution in [-0.2, 0) is 0 Å². The summed E-state index contributed by atoms with van der Waals surface area (Å²) in [6.07, 6.45) is 5.23. The summed E-state index contributed by atoms with van der Waals surface area (Å²) in [4.78, 5) is 4.22. The molecule has 1 heterocycles. The van der Waals surface area contributed by atoms with Crippen molar-refractivity contribution in [1.29, 1.82) is 5.26 Å². The van der Waals surface area contributed by atoms with Crippen molar-refractivity contribution in [2.24, 2.45) is 16.6 Å². The van der Waals surface area contributed by atoms with Gasteiger partial charge in [0.2, 0.25) is 0 Å². The first-order valence-corrected chi connectivity index (χ1v) is 5.22. The highest BCUT2D eigenvalue weighted by Gasteiger charge is 2.42. The van der Waals surface area contributed by atoms with Crippen molar-refractivity contribution < 1.29 is 0 Å². The fraction of sp³-hybridized carbons (Fsp3) is 0.800. The number of nitrogens with one attached hydrogen (secondary N) is 1. The minimum Gasteiger partial charge on any atom is -0.370 e. The molecule has 4 nitrogen and oxygen atoms in total. The van der Waals surface area contributed by atoms with E-state index in [0.717, 1.165) is 13.0 Å². The molecular formula is C10H16N4. The summed E-state index contributed by atoms with van der Waals surface area (Å²) in [5.41, 5.74) is 5.62. The number of nitriles is 1. The summed E-state index contributed by atoms with van der Waals surface area (Å²) in [6, 6.07) is 2.27. The Kier molecular flexibility index (Phi) is 2.32. The van der Waals surface area contributed by atoms with E-state index in [9.17, 15) is 0 Å². The van der Waals surface area contributed by atoms with Gasteiger partial charge in [0.25, 0.3) is 0 Å². The molecule has 0 radical (unpaired) electrons. The third kappa shape index (κ3) is 1.43. The van der Waals surface area contributed by atoms with Gasteiger partial charge in [-0.25, -0.2) is 0 Å². The molecule has 2 atom stereocenters. The maximum atomic E-state index is 8.87. The molecular weight excluding hydrogens is 176 g/mol. The molecule has 0 aromatic rings. The molecule has 76 valence electrons. The number of fused-ring (bicyclic) bond motifs is 1. The Bertz CT molecular complexity index is 291. The molecule has 2 unspecified atom stereocenters. The van der Waals surface area contributed by atoms with Crippen LogP contribution in [0, 0.1) is 17.2 Å². The lowest BCUT2D eigenvalue weighted by Gasteiger charge is -2.45. The van der Waals surface area contributed by atoms with Crippen molar-refractivity contribution in [3.63, 3.8) is 0 Å². The van der Waals surface area contributed by atoms with Crippen LogP contribution in [0.5, 0.6) is 0 Å². The molecule has 14 heavy (non-hydrogen) atoms. The zero-order valence-corrected chi connectivity index (χ0v) is 8.29. The lowest BCUT2D eigenvalue weighted by Crippen LogP contribution is -2.60. The van der Waals surface area contributed by atoms with E-state index in [1.807, 2.05) is 0 Å². The Morgan fingerprint density at radius 1 is 1.64 bits per heavy atom. The average Bonchev–Trinajstić information content (AvgIpc) is 2.17. The molecule has 0 aromatic carbocycles. The van der Waals surface area contributed by atoms with Gasteiger partial charge in [-0.05, 0) is 12.8 Å². The van der Waals surface area contributed by atoms with Crippen LogP contribution >= 0.6 is 0 Å². The molecule has 0 aromatic heterocycles. The largest absolute Gasteiger partial charge is 0.370 e. The summed E-state index contributed by atoms with van der Waals surface area (Å²) in [5.74, 6) is 1.02. The third-order valence-corrected chi connectivity index (χ3v) is 3.46. The van der Waals surface area contributed by atoms with Gasteiger partial charge in [-0.3, -0.25) is 4.99 Å². The van der Waals surface area contributed by atoms with Gasteiger partial charge in [0.15, 0.2) is 5.96 Å². The molecule has 1 fully saturated rings. The van der Waals surface area contributed by atoms with Crippen LogP contribution < -0.4 is 11.1 Å². The van der Waals surface area contributed by atoms with Crippen molar-refractivity contribution in [2.45, 2.75) is 37.6 Å². The van der Waals surface area contributed by atoms with E-state index < -0.39 is 0 Å². The molecule has 1 aliphatic carbocycles. The van der Waals surface area contributed by atoms with Crippen LogP contribution in [0.2, 0.25) is 0 Å². The first kappa shape index (κ1) is 9.32. The molecule has 2 aliphatic rings. The summed E-state index contributed by atoms with van der Waals surface area (Å²) in [7, 11) is 0. The highest BCUT2D eigenvalue weighted by molar-refractivity contribution is 5.79. The van der Waals surface area contributed by atoms with Gasteiger partial charge in [0, 0.05) is 12.5 Å². The number of hydrogen-bond donors (Lipinski definition) is 2. The lowest BCUT2D eigenvalue weighted by atomic mass is 9.70. The van der Waals surface area contributed by atoms with Crippen molar-refractivity contribution in [3.05, 3.63) is 0 Å². The monoisotopic (exact) mass is 192 g/mol. The van der Waals surface area contributed by atoms with Crippen LogP contribution in [0.3, 0.4) is 0 Å². The number of nitrogens with two attached hydrogens (primary N) is 1. The zero-order valence-electron chi connectivity index (χ0n) is 8.29. The van der Waals surface area contributed by atoms with Crippen LogP contribution in [0.1, 0.15) is 32.1 Å². The van der Waals surface area contributed by atoms with Gasteiger partial charge in [-0.1, -0.05) is 12.8 Å². The number of rotatable bonds is 1. The van der Waals surface area contributed by atoms with Gasteiger partial charge in [0.1, 0.15) is 0 Å². The van der Waals surface area contributed by atoms with E-state index in [1.165, 1.54) is 19.3 Å². The molecule has 0 spiro atoms. The van der Waals surface area contributed by atoms with Gasteiger partial charge < -0.3 is 11.1 Å². The Morgan fingerprint density at radius 3 is 3.29 bits per heavy atom. The minimum absolute atomic E-state index is 0.0706. The van der Waals surface area contributed by atoms with Crippen LogP contribution in [-0.4, -0.2) is 18.0 Å². The van der Waals surface area contributed by atoms with E-state index in [2.05, 4.69) is 16.4 Å². The first-order chi connectivity index (χ1) is 6.77. The number of hydrogen-bond acceptors (Lipinski definition) is 4. The molecule has 0 saturated heterocycles. The van der Waals surface area contributed by atoms with Crippen molar-refractivity contribution in [3.8, 4) is 6.07 Å². The van der Waals surface area contributed by atoms with Crippen molar-refractivity contribution in [2.75, 3.05) is 6.54 Å². The second kappa shape index (κ2) is 3.49. The summed E-state index contributed by atoms with van der Waals surface area (Å²) in [6.45, 7) is 0.792. The smallest absolute Gasteiger partial charge is 0.189 e. The molecule has 0 bridgehead atoms. The number of aliphatic imine (C=N–C) groups is 1. The SMILES string of the molecule is N#CCC12CCCCC1CN=C(N)N2. The van der Waals surface area contributed by atoms with Crippen molar-refractivity contribution in [1.82, 2.24) is 5.32 Å². The summed E-state index contributed by atoms with van der Waals surface area (Å²) < 4.78 is 0. The fourth-order valence-electron chi connectivity index (χ4n) is 2.66. The molecule has 1 aliphatic heterocycles. The van der Waals surface area contributed by atoms with Crippen LogP contribution in [0.4, 0.5) is 0 Å². The van der Waals surface area contributed by atoms with Crippen LogP contribution in [0.25, 0.3) is 0 Å². The maximum Gasteiger partial charge on any atom is 0.189 e. The molecule has 1 saturated carbocycles. The summed E-state index contributed by atoms with van der Waals surface area (Å²) in [5, 5.41) is 12.1. The minimum atomic E-state index is -0.0706. The summed E-state index contributed by atoms with van der Waals surface area (Å²) >= 11 is 0. The Morgan fingerprint density at radius 2 is 2.50 bits per heavy atom. The highest BCUT2D eigenvalue weighted by Crippen LogP contribution is 2.37. The quantitative estimate of drug-likeness (QED) is 0.643. The van der Waals surface area contributed by atoms with Gasteiger partial charge in [-0.15, -0.1) is 0 Å². The third-order valence-electron chi connectivity index (χ3n) is 3.46. The van der Waals surface area contributed by atoms with Gasteiger partial charge in [0.05, 0.1) is 18.0 Å². The average molecular weight is 192 g/mol. The fourth-order valence-corrected chi connectivity index (χ4v) is 2.66. The van der Waals surface area contributed by atoms with Gasteiger partial charge in [-0.2, -0.15) is 5.26 Å². The Hall–Kier alpha value is -1.24. The van der Waals surface area contributed by atoms with Crippen LogP contribution in [0.15, 0.2) is 4.99 Å². The molecule has 2 rings (SSSR count). The van der Waals surface area contributed by atoms with E-state index in [-0.39, 0.29) is 5.54 Å². The second-order valence-corrected chi connectivity index (χ2v) is 4.28. The molecule has 0 amide bonds. The maximum absolute atomic E-state index is 8.87. The normalized spacial score (nSPS) is 36.2. The van der Waals surface area contributed by atoms with E-state index in [1.54, 1.807) is 0 Å². The van der Waals surface area contributed by atoms with Gasteiger partial charge >= 0.3 is 0 Å². The standard InChI is InChI=1S/C10H16N4/c11-6-5-10-4-2-1-3-8(10)7-13-9(12)14-10/h8H,1-5,7H2,(H3,12,13,14). The van der Waals surface area contributed by atoms with E-state index in [4.69, 9.17) is 11.0 Å². The lowest BCUT2D eigenvalue weighted by molar-refractivity contribution is 0.165. The highest BCUT2D eigenvalue weighted by atomic mass is 15.2. The molecule has 4 heteroatoms. The second-order valence-electron chi connectivity index (χ2n) is 4.28. The number of nitrogens with zero attached hydrogens (tertiary/aromatic N) is 2. The van der Waals surface area contributed by atoms with Crippen molar-refractivity contribution >= 4 is 5.96 Å². The molecule has 3 N–H and O–H groups in total. The predicted octanol–water partition coefficient (Wildman–Crippen LogP) is 0.747. The zero-order chi connectivity index (χ0) is 10.0. The topological polar surface area (TPSA) is 74.2 Å². The number of guanidine groups is 1. The van der Waals surface area contributed by atoms with E-state index in [0.29, 0.717) is 18.3 Å². The Labute approximate surface area is 84.2 Å². The van der Waals surface area contributed by atoms with E-state index >= 15 is 0 Å². The first-order valence-electron chi connectivity index (χ1n) is 5.22. The predicted molar refractivity (Wildman–Crippen MR) is 54.5 cm³/mol. The Balaban J connectivity index is 2.22.